The third-order valence-electron chi connectivity index (χ3n) is 2.92. The van der Waals surface area contributed by atoms with Gasteiger partial charge < -0.3 is 14.6 Å². The Bertz CT molecular complexity index is 373. The van der Waals surface area contributed by atoms with Crippen molar-refractivity contribution in [2.75, 3.05) is 19.8 Å². The normalized spacial score (nSPS) is 21.5. The molecule has 0 radical (unpaired) electrons. The van der Waals surface area contributed by atoms with Crippen LogP contribution in [0.5, 0.6) is 5.75 Å². The zero-order valence-corrected chi connectivity index (χ0v) is 10.6. The summed E-state index contributed by atoms with van der Waals surface area (Å²) < 4.78 is 11.0. The minimum Gasteiger partial charge on any atom is -0.493 e. The van der Waals surface area contributed by atoms with Gasteiger partial charge in [-0.3, -0.25) is 0 Å². The molecule has 0 bridgehead atoms. The number of hydrogen-bond acceptors (Lipinski definition) is 3. The van der Waals surface area contributed by atoms with E-state index < -0.39 is 6.10 Å². The van der Waals surface area contributed by atoms with Gasteiger partial charge in [0, 0.05) is 23.1 Å². The molecule has 1 unspecified atom stereocenters. The molecule has 0 aliphatic carbocycles. The summed E-state index contributed by atoms with van der Waals surface area (Å²) in [6, 6.07) is 5.32. The van der Waals surface area contributed by atoms with Crippen LogP contribution in [0, 0.1) is 5.92 Å². The standard InChI is InChI=1S/C13H17ClO3/c1-9(15)12-6-11(14)2-3-13(12)17-8-10-4-5-16-7-10/h2-3,6,9-10,15H,4-5,7-8H2,1H3/t9-,10?/m0/s1. The van der Waals surface area contributed by atoms with E-state index in [4.69, 9.17) is 21.1 Å². The Balaban J connectivity index is 2.03. The molecule has 1 aromatic carbocycles. The van der Waals surface area contributed by atoms with Crippen molar-refractivity contribution in [2.24, 2.45) is 5.92 Å². The molecule has 1 aliphatic rings. The van der Waals surface area contributed by atoms with Gasteiger partial charge in [0.2, 0.25) is 0 Å². The maximum absolute atomic E-state index is 9.66. The van der Waals surface area contributed by atoms with Crippen LogP contribution in [0.1, 0.15) is 25.0 Å². The summed E-state index contributed by atoms with van der Waals surface area (Å²) in [4.78, 5) is 0. The van der Waals surface area contributed by atoms with Gasteiger partial charge in [0.15, 0.2) is 0 Å². The number of halogens is 1. The molecule has 17 heavy (non-hydrogen) atoms. The lowest BCUT2D eigenvalue weighted by atomic mass is 10.1. The van der Waals surface area contributed by atoms with E-state index in [1.807, 2.05) is 0 Å². The molecule has 4 heteroatoms. The van der Waals surface area contributed by atoms with E-state index in [-0.39, 0.29) is 0 Å². The Morgan fingerprint density at radius 1 is 1.59 bits per heavy atom. The Hall–Kier alpha value is -0.770. The van der Waals surface area contributed by atoms with Crippen LogP contribution in [0.15, 0.2) is 18.2 Å². The fourth-order valence-corrected chi connectivity index (χ4v) is 2.08. The predicted molar refractivity (Wildman–Crippen MR) is 66.5 cm³/mol. The number of aliphatic hydroxyl groups is 1. The molecule has 0 aromatic heterocycles. The smallest absolute Gasteiger partial charge is 0.125 e. The third-order valence-corrected chi connectivity index (χ3v) is 3.16. The molecule has 1 heterocycles. The number of ether oxygens (including phenoxy) is 2. The van der Waals surface area contributed by atoms with Gasteiger partial charge in [-0.1, -0.05) is 11.6 Å². The highest BCUT2D eigenvalue weighted by Gasteiger charge is 2.17. The Morgan fingerprint density at radius 2 is 2.41 bits per heavy atom. The molecule has 2 atom stereocenters. The molecule has 1 N–H and O–H groups in total. The summed E-state index contributed by atoms with van der Waals surface area (Å²) in [7, 11) is 0. The van der Waals surface area contributed by atoms with E-state index in [0.29, 0.717) is 23.3 Å². The van der Waals surface area contributed by atoms with Crippen molar-refractivity contribution in [1.82, 2.24) is 0 Å². The molecular formula is C13H17ClO3. The van der Waals surface area contributed by atoms with Gasteiger partial charge in [0.25, 0.3) is 0 Å². The minimum atomic E-state index is -0.580. The number of aliphatic hydroxyl groups excluding tert-OH is 1. The quantitative estimate of drug-likeness (QED) is 0.900. The highest BCUT2D eigenvalue weighted by atomic mass is 35.5. The van der Waals surface area contributed by atoms with E-state index >= 15 is 0 Å². The largest absolute Gasteiger partial charge is 0.493 e. The second-order valence-corrected chi connectivity index (χ2v) is 4.84. The van der Waals surface area contributed by atoms with Crippen LogP contribution in [0.3, 0.4) is 0 Å². The third kappa shape index (κ3) is 3.35. The zero-order valence-electron chi connectivity index (χ0n) is 9.86. The maximum atomic E-state index is 9.66. The number of benzene rings is 1. The number of hydrogen-bond donors (Lipinski definition) is 1. The SMILES string of the molecule is C[C@H](O)c1cc(Cl)ccc1OCC1CCOC1. The Kier molecular flexibility index (Phi) is 4.26. The van der Waals surface area contributed by atoms with E-state index in [9.17, 15) is 5.11 Å². The lowest BCUT2D eigenvalue weighted by Gasteiger charge is -2.15. The first-order valence-electron chi connectivity index (χ1n) is 5.85. The molecular weight excluding hydrogens is 240 g/mol. The average molecular weight is 257 g/mol. The van der Waals surface area contributed by atoms with Crippen molar-refractivity contribution in [1.29, 1.82) is 0 Å². The minimum absolute atomic E-state index is 0.451. The van der Waals surface area contributed by atoms with Gasteiger partial charge in [0.05, 0.1) is 19.3 Å². The monoisotopic (exact) mass is 256 g/mol. The zero-order chi connectivity index (χ0) is 12.3. The summed E-state index contributed by atoms with van der Waals surface area (Å²) in [6.07, 6.45) is 0.459. The Labute approximate surface area is 106 Å². The summed E-state index contributed by atoms with van der Waals surface area (Å²) in [5.74, 6) is 1.16. The van der Waals surface area contributed by atoms with Gasteiger partial charge in [-0.25, -0.2) is 0 Å². The van der Waals surface area contributed by atoms with Crippen molar-refractivity contribution >= 4 is 11.6 Å². The topological polar surface area (TPSA) is 38.7 Å². The molecule has 94 valence electrons. The first-order valence-corrected chi connectivity index (χ1v) is 6.22. The van der Waals surface area contributed by atoms with Crippen LogP contribution in [0.4, 0.5) is 0 Å². The van der Waals surface area contributed by atoms with Crippen LogP contribution in [-0.4, -0.2) is 24.9 Å². The Morgan fingerprint density at radius 3 is 3.06 bits per heavy atom. The van der Waals surface area contributed by atoms with Crippen molar-refractivity contribution < 1.29 is 14.6 Å². The molecule has 3 nitrogen and oxygen atoms in total. The van der Waals surface area contributed by atoms with Crippen molar-refractivity contribution in [3.63, 3.8) is 0 Å². The fraction of sp³-hybridized carbons (Fsp3) is 0.538. The van der Waals surface area contributed by atoms with Gasteiger partial charge in [-0.05, 0) is 31.5 Å². The van der Waals surface area contributed by atoms with Gasteiger partial charge in [0.1, 0.15) is 5.75 Å². The molecule has 2 rings (SSSR count). The lowest BCUT2D eigenvalue weighted by Crippen LogP contribution is -2.12. The second kappa shape index (κ2) is 5.71. The molecule has 0 amide bonds. The van der Waals surface area contributed by atoms with Crippen LogP contribution in [0.25, 0.3) is 0 Å². The maximum Gasteiger partial charge on any atom is 0.125 e. The second-order valence-electron chi connectivity index (χ2n) is 4.40. The number of rotatable bonds is 4. The highest BCUT2D eigenvalue weighted by Crippen LogP contribution is 2.29. The lowest BCUT2D eigenvalue weighted by molar-refractivity contribution is 0.162. The first-order chi connectivity index (χ1) is 8.16. The average Bonchev–Trinajstić information content (AvgIpc) is 2.80. The van der Waals surface area contributed by atoms with Gasteiger partial charge in [-0.15, -0.1) is 0 Å². The van der Waals surface area contributed by atoms with Gasteiger partial charge in [-0.2, -0.15) is 0 Å². The van der Waals surface area contributed by atoms with Gasteiger partial charge >= 0.3 is 0 Å². The van der Waals surface area contributed by atoms with Crippen LogP contribution < -0.4 is 4.74 Å². The predicted octanol–water partition coefficient (Wildman–Crippen LogP) is 2.81. The molecule has 1 fully saturated rings. The summed E-state index contributed by atoms with van der Waals surface area (Å²) in [6.45, 7) is 3.91. The molecule has 1 saturated heterocycles. The van der Waals surface area contributed by atoms with Crippen molar-refractivity contribution in [3.05, 3.63) is 28.8 Å². The highest BCUT2D eigenvalue weighted by molar-refractivity contribution is 6.30. The van der Waals surface area contributed by atoms with E-state index in [0.717, 1.165) is 25.2 Å². The first kappa shape index (κ1) is 12.7. The van der Waals surface area contributed by atoms with Crippen LogP contribution >= 0.6 is 11.6 Å². The molecule has 1 aromatic rings. The van der Waals surface area contributed by atoms with Crippen LogP contribution in [-0.2, 0) is 4.74 Å². The molecule has 1 aliphatic heterocycles. The fourth-order valence-electron chi connectivity index (χ4n) is 1.90. The van der Waals surface area contributed by atoms with Crippen molar-refractivity contribution in [2.45, 2.75) is 19.4 Å². The van der Waals surface area contributed by atoms with Crippen LogP contribution in [0.2, 0.25) is 5.02 Å². The van der Waals surface area contributed by atoms with E-state index in [1.54, 1.807) is 25.1 Å². The summed E-state index contributed by atoms with van der Waals surface area (Å²) >= 11 is 5.90. The van der Waals surface area contributed by atoms with Crippen molar-refractivity contribution in [3.8, 4) is 5.75 Å². The summed E-state index contributed by atoms with van der Waals surface area (Å²) in [5, 5.41) is 10.3. The van der Waals surface area contributed by atoms with E-state index in [2.05, 4.69) is 0 Å². The summed E-state index contributed by atoms with van der Waals surface area (Å²) in [5.41, 5.74) is 0.733. The molecule has 0 spiro atoms. The van der Waals surface area contributed by atoms with E-state index in [1.165, 1.54) is 0 Å². The molecule has 0 saturated carbocycles.